The third-order valence-electron chi connectivity index (χ3n) is 2.01. The molecule has 0 aromatic heterocycles. The lowest BCUT2D eigenvalue weighted by Crippen LogP contribution is -2.16. The van der Waals surface area contributed by atoms with Gasteiger partial charge in [-0.05, 0) is 17.7 Å². The fourth-order valence-electron chi connectivity index (χ4n) is 1.22. The molecule has 0 aliphatic heterocycles. The van der Waals surface area contributed by atoms with Gasteiger partial charge in [0.1, 0.15) is 13.9 Å². The SMILES string of the molecule is C[Si](C)(C)C#CCC(O)c1ccc(F)cc1. The van der Waals surface area contributed by atoms with Crippen molar-refractivity contribution >= 4 is 8.07 Å². The van der Waals surface area contributed by atoms with Crippen molar-refractivity contribution in [3.63, 3.8) is 0 Å². The van der Waals surface area contributed by atoms with Crippen LogP contribution in [0.2, 0.25) is 19.6 Å². The summed E-state index contributed by atoms with van der Waals surface area (Å²) in [4.78, 5) is 0. The van der Waals surface area contributed by atoms with Gasteiger partial charge in [0.15, 0.2) is 0 Å². The summed E-state index contributed by atoms with van der Waals surface area (Å²) in [6, 6.07) is 5.89. The van der Waals surface area contributed by atoms with Crippen LogP contribution >= 0.6 is 0 Å². The second-order valence-electron chi connectivity index (χ2n) is 4.82. The molecule has 0 radical (unpaired) electrons. The summed E-state index contributed by atoms with van der Waals surface area (Å²) < 4.78 is 12.7. The van der Waals surface area contributed by atoms with E-state index in [1.807, 2.05) is 0 Å². The first-order chi connectivity index (χ1) is 7.38. The summed E-state index contributed by atoms with van der Waals surface area (Å²) in [6.07, 6.45) is -0.208. The molecule has 1 aromatic carbocycles. The van der Waals surface area contributed by atoms with E-state index in [0.717, 1.165) is 0 Å². The van der Waals surface area contributed by atoms with Gasteiger partial charge in [0.2, 0.25) is 0 Å². The second-order valence-corrected chi connectivity index (χ2v) is 9.57. The molecule has 1 N–H and O–H groups in total. The molecule has 0 bridgehead atoms. The average Bonchev–Trinajstić information content (AvgIpc) is 2.16. The molecule has 0 amide bonds. The highest BCUT2D eigenvalue weighted by Crippen LogP contribution is 2.16. The molecule has 3 heteroatoms. The van der Waals surface area contributed by atoms with Gasteiger partial charge in [-0.3, -0.25) is 0 Å². The molecule has 1 rings (SSSR count). The monoisotopic (exact) mass is 236 g/mol. The van der Waals surface area contributed by atoms with Crippen LogP contribution in [0.1, 0.15) is 18.1 Å². The molecule has 0 fully saturated rings. The standard InChI is InChI=1S/C13H17FOSi/c1-16(2,3)10-4-5-13(15)11-6-8-12(14)9-7-11/h6-9,13,15H,5H2,1-3H3. The van der Waals surface area contributed by atoms with Crippen molar-refractivity contribution in [1.82, 2.24) is 0 Å². The lowest BCUT2D eigenvalue weighted by atomic mass is 10.1. The molecule has 0 saturated carbocycles. The summed E-state index contributed by atoms with van der Waals surface area (Å²) in [5.41, 5.74) is 3.90. The van der Waals surface area contributed by atoms with E-state index in [4.69, 9.17) is 0 Å². The predicted molar refractivity (Wildman–Crippen MR) is 67.1 cm³/mol. The number of aliphatic hydroxyl groups excluding tert-OH is 1. The predicted octanol–water partition coefficient (Wildman–Crippen LogP) is 3.13. The molecule has 1 aromatic rings. The first-order valence-electron chi connectivity index (χ1n) is 5.32. The average molecular weight is 236 g/mol. The van der Waals surface area contributed by atoms with E-state index in [2.05, 4.69) is 31.1 Å². The Kier molecular flexibility index (Phi) is 4.28. The van der Waals surface area contributed by atoms with Crippen LogP contribution in [-0.2, 0) is 0 Å². The van der Waals surface area contributed by atoms with Crippen molar-refractivity contribution < 1.29 is 9.50 Å². The summed E-state index contributed by atoms with van der Waals surface area (Å²) in [5, 5.41) is 9.80. The van der Waals surface area contributed by atoms with E-state index in [-0.39, 0.29) is 5.82 Å². The van der Waals surface area contributed by atoms with Crippen LogP contribution in [0.3, 0.4) is 0 Å². The van der Waals surface area contributed by atoms with Crippen molar-refractivity contribution in [2.45, 2.75) is 32.2 Å². The van der Waals surface area contributed by atoms with Crippen molar-refractivity contribution in [1.29, 1.82) is 0 Å². The van der Waals surface area contributed by atoms with Gasteiger partial charge in [0.05, 0.1) is 6.10 Å². The van der Waals surface area contributed by atoms with E-state index in [1.54, 1.807) is 12.1 Å². The number of benzene rings is 1. The van der Waals surface area contributed by atoms with Gasteiger partial charge >= 0.3 is 0 Å². The third kappa shape index (κ3) is 4.60. The molecule has 1 atom stereocenters. The Labute approximate surface area is 97.3 Å². The lowest BCUT2D eigenvalue weighted by Gasteiger charge is -2.08. The molecule has 0 aliphatic rings. The number of hydrogen-bond donors (Lipinski definition) is 1. The summed E-state index contributed by atoms with van der Waals surface area (Å²) in [5.74, 6) is 2.72. The Hall–Kier alpha value is -1.11. The van der Waals surface area contributed by atoms with Crippen LogP contribution < -0.4 is 0 Å². The molecule has 0 heterocycles. The van der Waals surface area contributed by atoms with E-state index >= 15 is 0 Å². The van der Waals surface area contributed by atoms with Gasteiger partial charge in [-0.2, -0.15) is 0 Å². The summed E-state index contributed by atoms with van der Waals surface area (Å²) in [7, 11) is -1.37. The maximum atomic E-state index is 12.7. The Balaban J connectivity index is 2.62. The van der Waals surface area contributed by atoms with Crippen molar-refractivity contribution in [2.75, 3.05) is 0 Å². The molecular formula is C13H17FOSi. The quantitative estimate of drug-likeness (QED) is 0.618. The van der Waals surface area contributed by atoms with Gasteiger partial charge in [-0.15, -0.1) is 11.5 Å². The highest BCUT2D eigenvalue weighted by Gasteiger charge is 2.09. The number of rotatable bonds is 2. The highest BCUT2D eigenvalue weighted by atomic mass is 28.3. The van der Waals surface area contributed by atoms with E-state index < -0.39 is 14.2 Å². The number of halogens is 1. The summed E-state index contributed by atoms with van der Waals surface area (Å²) >= 11 is 0. The third-order valence-corrected chi connectivity index (χ3v) is 2.94. The number of hydrogen-bond acceptors (Lipinski definition) is 1. The smallest absolute Gasteiger partial charge is 0.129 e. The van der Waals surface area contributed by atoms with Gasteiger partial charge in [0, 0.05) is 6.42 Å². The molecule has 0 aliphatic carbocycles. The van der Waals surface area contributed by atoms with Crippen molar-refractivity contribution in [3.8, 4) is 11.5 Å². The molecule has 1 unspecified atom stereocenters. The van der Waals surface area contributed by atoms with Crippen molar-refractivity contribution in [2.24, 2.45) is 0 Å². The van der Waals surface area contributed by atoms with E-state index in [0.29, 0.717) is 12.0 Å². The first-order valence-corrected chi connectivity index (χ1v) is 8.82. The zero-order chi connectivity index (χ0) is 12.2. The number of aliphatic hydroxyl groups is 1. The second kappa shape index (κ2) is 5.29. The molecule has 16 heavy (non-hydrogen) atoms. The minimum absolute atomic E-state index is 0.288. The minimum Gasteiger partial charge on any atom is -0.387 e. The van der Waals surface area contributed by atoms with Gasteiger partial charge < -0.3 is 5.11 Å². The zero-order valence-corrected chi connectivity index (χ0v) is 10.9. The van der Waals surface area contributed by atoms with Gasteiger partial charge in [-0.25, -0.2) is 4.39 Å². The Morgan fingerprint density at radius 2 is 1.81 bits per heavy atom. The van der Waals surface area contributed by atoms with Crippen molar-refractivity contribution in [3.05, 3.63) is 35.6 Å². The molecular weight excluding hydrogens is 219 g/mol. The molecule has 0 saturated heterocycles. The molecule has 0 spiro atoms. The maximum absolute atomic E-state index is 12.7. The fraction of sp³-hybridized carbons (Fsp3) is 0.385. The molecule has 1 nitrogen and oxygen atoms in total. The van der Waals surface area contributed by atoms with Crippen LogP contribution in [0.4, 0.5) is 4.39 Å². The van der Waals surface area contributed by atoms with E-state index in [1.165, 1.54) is 12.1 Å². The van der Waals surface area contributed by atoms with Crippen LogP contribution in [0.25, 0.3) is 0 Å². The van der Waals surface area contributed by atoms with Crippen LogP contribution in [-0.4, -0.2) is 13.2 Å². The summed E-state index contributed by atoms with van der Waals surface area (Å²) in [6.45, 7) is 6.47. The van der Waals surface area contributed by atoms with E-state index in [9.17, 15) is 9.50 Å². The normalized spacial score (nSPS) is 12.8. The van der Waals surface area contributed by atoms with Gasteiger partial charge in [0.25, 0.3) is 0 Å². The van der Waals surface area contributed by atoms with Gasteiger partial charge in [-0.1, -0.05) is 31.8 Å². The topological polar surface area (TPSA) is 20.2 Å². The first kappa shape index (κ1) is 13.0. The van der Waals surface area contributed by atoms with Crippen LogP contribution in [0, 0.1) is 17.3 Å². The molecule has 86 valence electrons. The Bertz CT molecular complexity index is 395. The largest absolute Gasteiger partial charge is 0.387 e. The zero-order valence-electron chi connectivity index (χ0n) is 9.92. The minimum atomic E-state index is -1.37. The lowest BCUT2D eigenvalue weighted by molar-refractivity contribution is 0.184. The highest BCUT2D eigenvalue weighted by molar-refractivity contribution is 6.83. The van der Waals surface area contributed by atoms with Crippen LogP contribution in [0.15, 0.2) is 24.3 Å². The fourth-order valence-corrected chi connectivity index (χ4v) is 1.85. The Morgan fingerprint density at radius 3 is 2.31 bits per heavy atom. The maximum Gasteiger partial charge on any atom is 0.129 e. The van der Waals surface area contributed by atoms with Crippen LogP contribution in [0.5, 0.6) is 0 Å². The Morgan fingerprint density at radius 1 is 1.25 bits per heavy atom.